The summed E-state index contributed by atoms with van der Waals surface area (Å²) in [6.45, 7) is 0. The minimum absolute atomic E-state index is 0.0135. The molecule has 1 heterocycles. The Morgan fingerprint density at radius 3 is 2.67 bits per heavy atom. The summed E-state index contributed by atoms with van der Waals surface area (Å²) in [5, 5.41) is 22.0. The van der Waals surface area contributed by atoms with Gasteiger partial charge in [0.25, 0.3) is 0 Å². The van der Waals surface area contributed by atoms with E-state index < -0.39 is 5.97 Å². The van der Waals surface area contributed by atoms with Crippen LogP contribution in [0.5, 0.6) is 0 Å². The van der Waals surface area contributed by atoms with E-state index in [0.717, 1.165) is 0 Å². The standard InChI is InChI=1S/C16H11FN4O2S/c17-12-7-5-10(6-8-12)14-19-20-16(24)21(14)18-9-11-3-1-2-4-13(11)15(22)23/h1-9H,(H,20,24)(H,22,23)/p-1. The highest BCUT2D eigenvalue weighted by Crippen LogP contribution is 2.17. The SMILES string of the molecule is O=C([O-])c1ccccc1C=Nn1c(-c2ccc(F)cc2)n[nH]c1=S. The van der Waals surface area contributed by atoms with Crippen molar-refractivity contribution in [3.05, 3.63) is 70.2 Å². The van der Waals surface area contributed by atoms with E-state index in [1.54, 1.807) is 30.3 Å². The smallest absolute Gasteiger partial charge is 0.216 e. The summed E-state index contributed by atoms with van der Waals surface area (Å²) in [7, 11) is 0. The van der Waals surface area contributed by atoms with Crippen LogP contribution < -0.4 is 5.11 Å². The van der Waals surface area contributed by atoms with Gasteiger partial charge in [0.15, 0.2) is 5.82 Å². The first-order valence-electron chi connectivity index (χ1n) is 6.84. The molecule has 1 N–H and O–H groups in total. The molecule has 0 amide bonds. The number of hydrogen-bond acceptors (Lipinski definition) is 5. The van der Waals surface area contributed by atoms with Crippen LogP contribution >= 0.6 is 12.2 Å². The van der Waals surface area contributed by atoms with E-state index in [2.05, 4.69) is 15.3 Å². The normalized spacial score (nSPS) is 11.0. The molecule has 3 rings (SSSR count). The molecule has 0 saturated carbocycles. The Hall–Kier alpha value is -3.13. The first-order valence-corrected chi connectivity index (χ1v) is 7.25. The van der Waals surface area contributed by atoms with E-state index in [1.807, 2.05) is 0 Å². The summed E-state index contributed by atoms with van der Waals surface area (Å²) >= 11 is 5.13. The van der Waals surface area contributed by atoms with Crippen molar-refractivity contribution in [2.45, 2.75) is 0 Å². The van der Waals surface area contributed by atoms with Crippen LogP contribution in [0, 0.1) is 10.6 Å². The third-order valence-electron chi connectivity index (χ3n) is 3.25. The van der Waals surface area contributed by atoms with Crippen molar-refractivity contribution in [3.8, 4) is 11.4 Å². The van der Waals surface area contributed by atoms with Crippen LogP contribution in [0.15, 0.2) is 53.6 Å². The number of benzene rings is 2. The maximum atomic E-state index is 13.1. The summed E-state index contributed by atoms with van der Waals surface area (Å²) in [5.74, 6) is -1.29. The van der Waals surface area contributed by atoms with Crippen molar-refractivity contribution in [1.29, 1.82) is 0 Å². The lowest BCUT2D eigenvalue weighted by Crippen LogP contribution is -2.23. The van der Waals surface area contributed by atoms with Crippen LogP contribution in [0.25, 0.3) is 11.4 Å². The van der Waals surface area contributed by atoms with Gasteiger partial charge in [0, 0.05) is 16.7 Å². The number of hydrogen-bond donors (Lipinski definition) is 1. The number of carboxylic acid groups (broad SMARTS) is 1. The maximum absolute atomic E-state index is 13.1. The Morgan fingerprint density at radius 2 is 1.96 bits per heavy atom. The molecule has 0 aliphatic heterocycles. The number of carboxylic acids is 1. The van der Waals surface area contributed by atoms with Crippen LogP contribution in [0.1, 0.15) is 15.9 Å². The van der Waals surface area contributed by atoms with Gasteiger partial charge in [-0.1, -0.05) is 24.3 Å². The van der Waals surface area contributed by atoms with Crippen LogP contribution in [0.3, 0.4) is 0 Å². The van der Waals surface area contributed by atoms with Crippen LogP contribution in [-0.4, -0.2) is 27.1 Å². The molecule has 6 nitrogen and oxygen atoms in total. The van der Waals surface area contributed by atoms with E-state index >= 15 is 0 Å². The second-order valence-corrected chi connectivity index (χ2v) is 5.18. The zero-order valence-corrected chi connectivity index (χ0v) is 13.0. The van der Waals surface area contributed by atoms with Crippen molar-refractivity contribution in [1.82, 2.24) is 14.9 Å². The average molecular weight is 341 g/mol. The Balaban J connectivity index is 2.03. The average Bonchev–Trinajstić information content (AvgIpc) is 2.94. The lowest BCUT2D eigenvalue weighted by molar-refractivity contribution is -0.255. The molecule has 0 spiro atoms. The number of aromatic carboxylic acids is 1. The van der Waals surface area contributed by atoms with Gasteiger partial charge in [0.1, 0.15) is 5.82 Å². The van der Waals surface area contributed by atoms with E-state index in [1.165, 1.54) is 29.1 Å². The quantitative estimate of drug-likeness (QED) is 0.581. The van der Waals surface area contributed by atoms with Crippen molar-refractivity contribution in [2.24, 2.45) is 5.10 Å². The second-order valence-electron chi connectivity index (χ2n) is 4.79. The molecule has 120 valence electrons. The van der Waals surface area contributed by atoms with Crippen molar-refractivity contribution in [3.63, 3.8) is 0 Å². The minimum atomic E-state index is -1.30. The van der Waals surface area contributed by atoms with Crippen molar-refractivity contribution >= 4 is 24.4 Å². The number of aromatic nitrogens is 3. The number of nitrogens with one attached hydrogen (secondary N) is 1. The molecule has 8 heteroatoms. The summed E-state index contributed by atoms with van der Waals surface area (Å²) in [6, 6.07) is 12.0. The first-order chi connectivity index (χ1) is 11.6. The van der Waals surface area contributed by atoms with Crippen LogP contribution in [-0.2, 0) is 0 Å². The monoisotopic (exact) mass is 341 g/mol. The molecule has 0 bridgehead atoms. The fourth-order valence-corrected chi connectivity index (χ4v) is 2.28. The summed E-state index contributed by atoms with van der Waals surface area (Å²) in [5.41, 5.74) is 0.985. The molecule has 1 aromatic heterocycles. The molecule has 0 atom stereocenters. The molecule has 0 saturated heterocycles. The summed E-state index contributed by atoms with van der Waals surface area (Å²) in [4.78, 5) is 11.1. The summed E-state index contributed by atoms with van der Waals surface area (Å²) < 4.78 is 14.6. The van der Waals surface area contributed by atoms with Gasteiger partial charge >= 0.3 is 0 Å². The van der Waals surface area contributed by atoms with Crippen LogP contribution in [0.2, 0.25) is 0 Å². The Kier molecular flexibility index (Phi) is 4.30. The highest BCUT2D eigenvalue weighted by molar-refractivity contribution is 7.71. The summed E-state index contributed by atoms with van der Waals surface area (Å²) in [6.07, 6.45) is 1.35. The number of nitrogens with zero attached hydrogens (tertiary/aromatic N) is 3. The number of halogens is 1. The third-order valence-corrected chi connectivity index (χ3v) is 3.51. The maximum Gasteiger partial charge on any atom is 0.216 e. The number of carbonyl (C=O) groups excluding carboxylic acids is 1. The third kappa shape index (κ3) is 3.13. The minimum Gasteiger partial charge on any atom is -0.545 e. The second kappa shape index (κ2) is 6.55. The van der Waals surface area contributed by atoms with E-state index in [4.69, 9.17) is 12.2 Å². The largest absolute Gasteiger partial charge is 0.545 e. The highest BCUT2D eigenvalue weighted by atomic mass is 32.1. The lowest BCUT2D eigenvalue weighted by atomic mass is 10.1. The fourth-order valence-electron chi connectivity index (χ4n) is 2.10. The van der Waals surface area contributed by atoms with Gasteiger partial charge in [-0.05, 0) is 36.5 Å². The van der Waals surface area contributed by atoms with Gasteiger partial charge in [-0.15, -0.1) is 0 Å². The fraction of sp³-hybridized carbons (Fsp3) is 0. The van der Waals surface area contributed by atoms with E-state index in [9.17, 15) is 14.3 Å². The molecule has 0 radical (unpaired) electrons. The molecule has 3 aromatic rings. The topological polar surface area (TPSA) is 86.1 Å². The molecular weight excluding hydrogens is 331 g/mol. The van der Waals surface area contributed by atoms with Gasteiger partial charge in [-0.2, -0.15) is 14.9 Å². The first kappa shape index (κ1) is 15.8. The van der Waals surface area contributed by atoms with E-state index in [-0.39, 0.29) is 16.2 Å². The molecule has 0 aliphatic rings. The zero-order chi connectivity index (χ0) is 17.1. The van der Waals surface area contributed by atoms with Crippen molar-refractivity contribution < 1.29 is 14.3 Å². The Labute approximate surface area is 140 Å². The van der Waals surface area contributed by atoms with Gasteiger partial charge in [0.2, 0.25) is 4.77 Å². The Morgan fingerprint density at radius 1 is 1.25 bits per heavy atom. The molecule has 0 fully saturated rings. The highest BCUT2D eigenvalue weighted by Gasteiger charge is 2.08. The van der Waals surface area contributed by atoms with Gasteiger partial charge < -0.3 is 9.90 Å². The number of carbonyl (C=O) groups is 1. The van der Waals surface area contributed by atoms with Gasteiger partial charge in [-0.25, -0.2) is 9.49 Å². The van der Waals surface area contributed by atoms with Crippen molar-refractivity contribution in [2.75, 3.05) is 0 Å². The Bertz CT molecular complexity index is 976. The zero-order valence-electron chi connectivity index (χ0n) is 12.1. The van der Waals surface area contributed by atoms with Crippen LogP contribution in [0.4, 0.5) is 4.39 Å². The predicted molar refractivity (Wildman–Crippen MR) is 86.6 cm³/mol. The lowest BCUT2D eigenvalue weighted by Gasteiger charge is -2.06. The molecule has 0 unspecified atom stereocenters. The molecule has 24 heavy (non-hydrogen) atoms. The number of aromatic amines is 1. The van der Waals surface area contributed by atoms with E-state index in [0.29, 0.717) is 17.0 Å². The predicted octanol–water partition coefficient (Wildman–Crippen LogP) is 1.99. The number of H-pyrrole nitrogens is 1. The van der Waals surface area contributed by atoms with Gasteiger partial charge in [-0.3, -0.25) is 0 Å². The molecular formula is C16H10FN4O2S-. The molecule has 2 aromatic carbocycles. The number of rotatable bonds is 4. The molecule has 0 aliphatic carbocycles. The van der Waals surface area contributed by atoms with Gasteiger partial charge in [0.05, 0.1) is 12.2 Å².